The lowest BCUT2D eigenvalue weighted by Gasteiger charge is -2.43. The van der Waals surface area contributed by atoms with Crippen LogP contribution in [0.2, 0.25) is 0 Å². The number of cyclic esters (lactones) is 1. The lowest BCUT2D eigenvalue weighted by Crippen LogP contribution is -2.43. The summed E-state index contributed by atoms with van der Waals surface area (Å²) in [5.74, 6) is -0.0165. The van der Waals surface area contributed by atoms with Crippen LogP contribution in [-0.2, 0) is 14.3 Å². The molecule has 0 N–H and O–H groups in total. The molecule has 1 heterocycles. The number of carbonyl (C=O) groups excluding carboxylic acids is 2. The molecule has 0 aromatic heterocycles. The molecule has 0 amide bonds. The summed E-state index contributed by atoms with van der Waals surface area (Å²) in [6, 6.07) is 0. The quantitative estimate of drug-likeness (QED) is 0.639. The predicted molar refractivity (Wildman–Crippen MR) is 59.8 cm³/mol. The van der Waals surface area contributed by atoms with Crippen LogP contribution in [0.25, 0.3) is 0 Å². The van der Waals surface area contributed by atoms with E-state index in [2.05, 4.69) is 13.8 Å². The van der Waals surface area contributed by atoms with Gasteiger partial charge in [-0.05, 0) is 17.9 Å². The largest absolute Gasteiger partial charge is 0.454 e. The number of ether oxygens (including phenoxy) is 1. The molecule has 3 heteroatoms. The SMILES string of the molecule is CC1(C)CC(=O)CC(C)(C2C=CC(=O)O2)C1. The van der Waals surface area contributed by atoms with Crippen molar-refractivity contribution < 1.29 is 14.3 Å². The molecule has 2 atom stereocenters. The highest BCUT2D eigenvalue weighted by molar-refractivity contribution is 5.85. The molecule has 0 aromatic rings. The second-order valence-corrected chi connectivity index (χ2v) is 6.10. The Bertz CT molecular complexity index is 367. The minimum Gasteiger partial charge on any atom is -0.454 e. The average Bonchev–Trinajstić information content (AvgIpc) is 2.47. The first-order chi connectivity index (χ1) is 7.31. The monoisotopic (exact) mass is 222 g/mol. The van der Waals surface area contributed by atoms with E-state index in [9.17, 15) is 9.59 Å². The highest BCUT2D eigenvalue weighted by atomic mass is 16.5. The molecule has 2 aliphatic rings. The lowest BCUT2D eigenvalue weighted by molar-refractivity contribution is -0.149. The van der Waals surface area contributed by atoms with Crippen molar-refractivity contribution in [2.24, 2.45) is 10.8 Å². The third-order valence-corrected chi connectivity index (χ3v) is 3.50. The van der Waals surface area contributed by atoms with Gasteiger partial charge in [-0.1, -0.05) is 20.8 Å². The number of carbonyl (C=O) groups is 2. The molecule has 0 saturated heterocycles. The van der Waals surface area contributed by atoms with Gasteiger partial charge in [0.25, 0.3) is 0 Å². The van der Waals surface area contributed by atoms with Crippen LogP contribution in [0.5, 0.6) is 0 Å². The van der Waals surface area contributed by atoms with Gasteiger partial charge in [0, 0.05) is 24.3 Å². The molecule has 1 saturated carbocycles. The summed E-state index contributed by atoms with van der Waals surface area (Å²) in [6.45, 7) is 6.24. The van der Waals surface area contributed by atoms with Gasteiger partial charge in [0.05, 0.1) is 0 Å². The molecule has 0 radical (unpaired) electrons. The van der Waals surface area contributed by atoms with Crippen molar-refractivity contribution >= 4 is 11.8 Å². The van der Waals surface area contributed by atoms with E-state index in [0.29, 0.717) is 12.8 Å². The van der Waals surface area contributed by atoms with Crippen molar-refractivity contribution in [2.45, 2.75) is 46.1 Å². The first kappa shape index (κ1) is 11.4. The van der Waals surface area contributed by atoms with E-state index < -0.39 is 0 Å². The highest BCUT2D eigenvalue weighted by Crippen LogP contribution is 2.48. The maximum absolute atomic E-state index is 11.8. The summed E-state index contributed by atoms with van der Waals surface area (Å²) in [7, 11) is 0. The fourth-order valence-electron chi connectivity index (χ4n) is 3.21. The van der Waals surface area contributed by atoms with Crippen LogP contribution in [0.4, 0.5) is 0 Å². The number of hydrogen-bond donors (Lipinski definition) is 0. The third-order valence-electron chi connectivity index (χ3n) is 3.50. The van der Waals surface area contributed by atoms with Crippen molar-refractivity contribution in [2.75, 3.05) is 0 Å². The Hall–Kier alpha value is -1.12. The smallest absolute Gasteiger partial charge is 0.331 e. The van der Waals surface area contributed by atoms with Crippen LogP contribution < -0.4 is 0 Å². The summed E-state index contributed by atoms with van der Waals surface area (Å²) < 4.78 is 5.24. The van der Waals surface area contributed by atoms with Gasteiger partial charge in [0.2, 0.25) is 0 Å². The van der Waals surface area contributed by atoms with Gasteiger partial charge in [-0.25, -0.2) is 4.79 Å². The van der Waals surface area contributed by atoms with Crippen molar-refractivity contribution in [3.05, 3.63) is 12.2 Å². The normalized spacial score (nSPS) is 37.6. The Morgan fingerprint density at radius 3 is 2.44 bits per heavy atom. The lowest BCUT2D eigenvalue weighted by atomic mass is 9.62. The zero-order valence-corrected chi connectivity index (χ0v) is 10.1. The van der Waals surface area contributed by atoms with Gasteiger partial charge in [0.1, 0.15) is 11.9 Å². The van der Waals surface area contributed by atoms with Gasteiger partial charge < -0.3 is 4.74 Å². The fourth-order valence-corrected chi connectivity index (χ4v) is 3.21. The van der Waals surface area contributed by atoms with Gasteiger partial charge in [-0.3, -0.25) is 4.79 Å². The summed E-state index contributed by atoms with van der Waals surface area (Å²) in [4.78, 5) is 22.9. The van der Waals surface area contributed by atoms with E-state index in [-0.39, 0.29) is 28.7 Å². The van der Waals surface area contributed by atoms with Crippen molar-refractivity contribution in [1.29, 1.82) is 0 Å². The molecule has 1 fully saturated rings. The van der Waals surface area contributed by atoms with E-state index >= 15 is 0 Å². The van der Waals surface area contributed by atoms with Crippen molar-refractivity contribution in [3.8, 4) is 0 Å². The van der Waals surface area contributed by atoms with Gasteiger partial charge in [-0.2, -0.15) is 0 Å². The van der Waals surface area contributed by atoms with Crippen molar-refractivity contribution in [1.82, 2.24) is 0 Å². The number of hydrogen-bond acceptors (Lipinski definition) is 3. The second kappa shape index (κ2) is 3.44. The molecule has 1 aliphatic heterocycles. The maximum Gasteiger partial charge on any atom is 0.331 e. The zero-order valence-electron chi connectivity index (χ0n) is 10.1. The third kappa shape index (κ3) is 2.04. The topological polar surface area (TPSA) is 43.4 Å². The summed E-state index contributed by atoms with van der Waals surface area (Å²) in [5.41, 5.74) is -0.228. The molecule has 2 unspecified atom stereocenters. The van der Waals surface area contributed by atoms with Crippen molar-refractivity contribution in [3.63, 3.8) is 0 Å². The fraction of sp³-hybridized carbons (Fsp3) is 0.692. The summed E-state index contributed by atoms with van der Waals surface area (Å²) in [6.07, 6.45) is 5.07. The predicted octanol–water partition coefficient (Wildman–Crippen LogP) is 2.25. The highest BCUT2D eigenvalue weighted by Gasteiger charge is 2.47. The molecule has 0 aromatic carbocycles. The summed E-state index contributed by atoms with van der Waals surface area (Å²) >= 11 is 0. The molecule has 1 aliphatic carbocycles. The number of Topliss-reactive ketones (excluding diaryl/α,β-unsaturated/α-hetero) is 1. The molecule has 0 bridgehead atoms. The van der Waals surface area contributed by atoms with Gasteiger partial charge >= 0.3 is 5.97 Å². The number of esters is 1. The molecule has 2 rings (SSSR count). The molecule has 0 spiro atoms. The van der Waals surface area contributed by atoms with E-state index in [1.54, 1.807) is 6.08 Å². The first-order valence-electron chi connectivity index (χ1n) is 5.71. The van der Waals surface area contributed by atoms with Gasteiger partial charge in [-0.15, -0.1) is 0 Å². The molecule has 3 nitrogen and oxygen atoms in total. The molecular formula is C13H18O3. The maximum atomic E-state index is 11.8. The van der Waals surface area contributed by atoms with Crippen LogP contribution in [-0.4, -0.2) is 17.9 Å². The Labute approximate surface area is 95.9 Å². The van der Waals surface area contributed by atoms with Crippen LogP contribution >= 0.6 is 0 Å². The van der Waals surface area contributed by atoms with E-state index in [1.807, 2.05) is 6.92 Å². The zero-order chi connectivity index (χ0) is 12.0. The van der Waals surface area contributed by atoms with Crippen LogP contribution in [0.1, 0.15) is 40.0 Å². The second-order valence-electron chi connectivity index (χ2n) is 6.10. The average molecular weight is 222 g/mol. The minimum absolute atomic E-state index is 0.00687. The Balaban J connectivity index is 2.21. The molecular weight excluding hydrogens is 204 g/mol. The van der Waals surface area contributed by atoms with Gasteiger partial charge in [0.15, 0.2) is 0 Å². The van der Waals surface area contributed by atoms with Crippen LogP contribution in [0, 0.1) is 10.8 Å². The van der Waals surface area contributed by atoms with E-state index in [0.717, 1.165) is 6.42 Å². The summed E-state index contributed by atoms with van der Waals surface area (Å²) in [5, 5.41) is 0. The van der Waals surface area contributed by atoms with Crippen LogP contribution in [0.15, 0.2) is 12.2 Å². The van der Waals surface area contributed by atoms with E-state index in [4.69, 9.17) is 4.74 Å². The molecule has 16 heavy (non-hydrogen) atoms. The number of ketones is 1. The Kier molecular flexibility index (Phi) is 2.44. The van der Waals surface area contributed by atoms with E-state index in [1.165, 1.54) is 6.08 Å². The Morgan fingerprint density at radius 1 is 1.25 bits per heavy atom. The van der Waals surface area contributed by atoms with Crippen LogP contribution in [0.3, 0.4) is 0 Å². The first-order valence-corrected chi connectivity index (χ1v) is 5.71. The standard InChI is InChI=1S/C13H18O3/c1-12(2)6-9(14)7-13(3,8-12)10-4-5-11(15)16-10/h4-5,10H,6-8H2,1-3H3. The molecule has 88 valence electrons. The minimum atomic E-state index is -0.290. The number of rotatable bonds is 1. The Morgan fingerprint density at radius 2 is 1.94 bits per heavy atom.